The molecule has 1 aliphatic rings. The summed E-state index contributed by atoms with van der Waals surface area (Å²) in [7, 11) is 0. The molecule has 0 atom stereocenters. The Kier molecular flexibility index (Phi) is 4.23. The molecule has 0 radical (unpaired) electrons. The minimum Gasteiger partial charge on any atom is -0.316 e. The average molecular weight is 346 g/mol. The van der Waals surface area contributed by atoms with Crippen LogP contribution in [0.1, 0.15) is 30.5 Å². The second kappa shape index (κ2) is 6.84. The number of fused-ring (bicyclic) bond motifs is 1. The number of rotatable bonds is 4. The Balaban J connectivity index is 1.51. The van der Waals surface area contributed by atoms with Gasteiger partial charge in [-0.2, -0.15) is 5.26 Å². The number of aromatic nitrogens is 3. The molecule has 0 spiro atoms. The van der Waals surface area contributed by atoms with Crippen molar-refractivity contribution in [1.29, 1.82) is 5.26 Å². The molecule has 7 heteroatoms. The van der Waals surface area contributed by atoms with Crippen LogP contribution >= 0.6 is 0 Å². The first kappa shape index (κ1) is 16.1. The molecule has 0 unspecified atom stereocenters. The van der Waals surface area contributed by atoms with Crippen molar-refractivity contribution in [3.63, 3.8) is 0 Å². The Morgan fingerprint density at radius 2 is 2.08 bits per heavy atom. The van der Waals surface area contributed by atoms with Crippen molar-refractivity contribution in [1.82, 2.24) is 19.3 Å². The lowest BCUT2D eigenvalue weighted by molar-refractivity contribution is 0.142. The zero-order valence-corrected chi connectivity index (χ0v) is 14.2. The molecule has 1 N–H and O–H groups in total. The highest BCUT2D eigenvalue weighted by Crippen LogP contribution is 2.27. The Bertz CT molecular complexity index is 968. The molecule has 2 amide bonds. The minimum absolute atomic E-state index is 0.149. The fourth-order valence-electron chi connectivity index (χ4n) is 2.99. The summed E-state index contributed by atoms with van der Waals surface area (Å²) >= 11 is 0. The van der Waals surface area contributed by atoms with Gasteiger partial charge in [0.05, 0.1) is 23.9 Å². The molecule has 1 fully saturated rings. The Hall–Kier alpha value is -3.40. The van der Waals surface area contributed by atoms with E-state index >= 15 is 0 Å². The van der Waals surface area contributed by atoms with E-state index < -0.39 is 0 Å². The summed E-state index contributed by atoms with van der Waals surface area (Å²) < 4.78 is 1.84. The van der Waals surface area contributed by atoms with Gasteiger partial charge in [0.1, 0.15) is 0 Å². The van der Waals surface area contributed by atoms with E-state index in [1.165, 1.54) is 0 Å². The molecule has 2 aromatic heterocycles. The first-order valence-corrected chi connectivity index (χ1v) is 8.59. The predicted molar refractivity (Wildman–Crippen MR) is 96.3 cm³/mol. The number of benzene rings is 1. The van der Waals surface area contributed by atoms with Gasteiger partial charge in [0.2, 0.25) is 5.78 Å². The van der Waals surface area contributed by atoms with Crippen molar-refractivity contribution in [2.75, 3.05) is 5.32 Å². The molecule has 26 heavy (non-hydrogen) atoms. The minimum atomic E-state index is -0.149. The third kappa shape index (κ3) is 3.22. The maximum atomic E-state index is 12.8. The number of anilines is 1. The van der Waals surface area contributed by atoms with Crippen LogP contribution in [0.2, 0.25) is 0 Å². The van der Waals surface area contributed by atoms with Crippen LogP contribution in [0.3, 0.4) is 0 Å². The summed E-state index contributed by atoms with van der Waals surface area (Å²) in [5.74, 6) is 0.628. The monoisotopic (exact) mass is 346 g/mol. The zero-order chi connectivity index (χ0) is 17.9. The van der Waals surface area contributed by atoms with Crippen molar-refractivity contribution in [3.05, 3.63) is 60.2 Å². The van der Waals surface area contributed by atoms with Gasteiger partial charge in [0.25, 0.3) is 0 Å². The lowest BCUT2D eigenvalue weighted by atomic mass is 9.91. The summed E-state index contributed by atoms with van der Waals surface area (Å²) in [5, 5.41) is 11.8. The normalized spacial score (nSPS) is 13.8. The van der Waals surface area contributed by atoms with Gasteiger partial charge in [-0.3, -0.25) is 4.40 Å². The van der Waals surface area contributed by atoms with Crippen molar-refractivity contribution >= 4 is 17.5 Å². The van der Waals surface area contributed by atoms with Gasteiger partial charge in [-0.1, -0.05) is 0 Å². The number of carbonyl (C=O) groups excluding carboxylic acids is 1. The van der Waals surface area contributed by atoms with Gasteiger partial charge in [0.15, 0.2) is 0 Å². The quantitative estimate of drug-likeness (QED) is 0.786. The topological polar surface area (TPSA) is 86.3 Å². The highest BCUT2D eigenvalue weighted by atomic mass is 16.2. The van der Waals surface area contributed by atoms with Crippen LogP contribution in [0.4, 0.5) is 10.5 Å². The van der Waals surface area contributed by atoms with Crippen molar-refractivity contribution in [3.8, 4) is 6.07 Å². The number of amides is 2. The lowest BCUT2D eigenvalue weighted by Crippen LogP contribution is -2.45. The highest BCUT2D eigenvalue weighted by molar-refractivity contribution is 5.89. The van der Waals surface area contributed by atoms with Gasteiger partial charge in [0, 0.05) is 30.3 Å². The highest BCUT2D eigenvalue weighted by Gasteiger charge is 2.29. The molecule has 0 saturated heterocycles. The van der Waals surface area contributed by atoms with E-state index in [0.29, 0.717) is 23.6 Å². The van der Waals surface area contributed by atoms with E-state index in [1.807, 2.05) is 27.8 Å². The van der Waals surface area contributed by atoms with Crippen molar-refractivity contribution in [2.45, 2.75) is 31.8 Å². The van der Waals surface area contributed by atoms with E-state index in [-0.39, 0.29) is 12.1 Å². The number of hydrogen-bond donors (Lipinski definition) is 1. The van der Waals surface area contributed by atoms with E-state index in [2.05, 4.69) is 21.4 Å². The maximum Gasteiger partial charge on any atom is 0.322 e. The van der Waals surface area contributed by atoms with E-state index in [4.69, 9.17) is 5.26 Å². The molecule has 1 aliphatic carbocycles. The van der Waals surface area contributed by atoms with Crippen LogP contribution in [-0.2, 0) is 6.54 Å². The summed E-state index contributed by atoms with van der Waals surface area (Å²) in [6, 6.07) is 10.9. The lowest BCUT2D eigenvalue weighted by Gasteiger charge is -2.37. The SMILES string of the molecule is N#Cc1ccc(NC(=O)N(Cc2ccn3ccnc3n2)C2CCC2)cc1. The average Bonchev–Trinajstić information content (AvgIpc) is 3.08. The molecule has 4 rings (SSSR count). The van der Waals surface area contributed by atoms with Crippen LogP contribution in [0.25, 0.3) is 5.78 Å². The smallest absolute Gasteiger partial charge is 0.316 e. The number of nitrogens with one attached hydrogen (secondary N) is 1. The zero-order valence-electron chi connectivity index (χ0n) is 14.2. The van der Waals surface area contributed by atoms with E-state index in [0.717, 1.165) is 25.0 Å². The number of nitriles is 1. The van der Waals surface area contributed by atoms with Crippen molar-refractivity contribution < 1.29 is 4.79 Å². The summed E-state index contributed by atoms with van der Waals surface area (Å²) in [6.45, 7) is 0.441. The second-order valence-corrected chi connectivity index (χ2v) is 6.39. The van der Waals surface area contributed by atoms with Crippen LogP contribution < -0.4 is 5.32 Å². The molecule has 1 aromatic carbocycles. The molecule has 3 aromatic rings. The Morgan fingerprint density at radius 1 is 1.27 bits per heavy atom. The fraction of sp³-hybridized carbons (Fsp3) is 0.263. The Labute approximate surface area is 150 Å². The molecular weight excluding hydrogens is 328 g/mol. The van der Waals surface area contributed by atoms with Crippen LogP contribution in [0, 0.1) is 11.3 Å². The predicted octanol–water partition coefficient (Wildman–Crippen LogP) is 3.19. The van der Waals surface area contributed by atoms with Crippen LogP contribution in [-0.4, -0.2) is 31.3 Å². The number of nitrogens with zero attached hydrogens (tertiary/aromatic N) is 5. The molecule has 1 saturated carbocycles. The van der Waals surface area contributed by atoms with Crippen molar-refractivity contribution in [2.24, 2.45) is 0 Å². The molecule has 0 aliphatic heterocycles. The van der Waals surface area contributed by atoms with Crippen LogP contribution in [0.5, 0.6) is 0 Å². The summed E-state index contributed by atoms with van der Waals surface area (Å²) in [4.78, 5) is 23.4. The summed E-state index contributed by atoms with van der Waals surface area (Å²) in [6.07, 6.45) is 8.60. The van der Waals surface area contributed by atoms with Gasteiger partial charge in [-0.25, -0.2) is 14.8 Å². The first-order valence-electron chi connectivity index (χ1n) is 8.59. The molecule has 130 valence electrons. The van der Waals surface area contributed by atoms with Gasteiger partial charge < -0.3 is 10.2 Å². The van der Waals surface area contributed by atoms with Gasteiger partial charge in [-0.05, 0) is 49.6 Å². The van der Waals surface area contributed by atoms with Gasteiger partial charge in [-0.15, -0.1) is 0 Å². The van der Waals surface area contributed by atoms with E-state index in [9.17, 15) is 4.79 Å². The first-order chi connectivity index (χ1) is 12.7. The molecule has 2 heterocycles. The van der Waals surface area contributed by atoms with Gasteiger partial charge >= 0.3 is 6.03 Å². The number of urea groups is 1. The largest absolute Gasteiger partial charge is 0.322 e. The second-order valence-electron chi connectivity index (χ2n) is 6.39. The number of imidazole rings is 1. The third-order valence-corrected chi connectivity index (χ3v) is 4.69. The molecular formula is C19H18N6O. The maximum absolute atomic E-state index is 12.8. The third-order valence-electron chi connectivity index (χ3n) is 4.69. The fourth-order valence-corrected chi connectivity index (χ4v) is 2.99. The standard InChI is InChI=1S/C19H18N6O/c20-12-14-4-6-15(7-5-14)23-19(26)25(17-2-1-3-17)13-16-8-10-24-11-9-21-18(24)22-16/h4-11,17H,1-3,13H2,(H,23,26). The number of carbonyl (C=O) groups is 1. The van der Waals surface area contributed by atoms with E-state index in [1.54, 1.807) is 30.5 Å². The molecule has 7 nitrogen and oxygen atoms in total. The summed E-state index contributed by atoms with van der Waals surface area (Å²) in [5.41, 5.74) is 2.05. The Morgan fingerprint density at radius 3 is 2.77 bits per heavy atom. The number of hydrogen-bond acceptors (Lipinski definition) is 4. The molecule has 0 bridgehead atoms. The van der Waals surface area contributed by atoms with Crippen LogP contribution in [0.15, 0.2) is 48.9 Å².